The fourth-order valence-electron chi connectivity index (χ4n) is 3.17. The maximum Gasteiger partial charge on any atom is 0.257 e. The van der Waals surface area contributed by atoms with Crippen LogP contribution in [0.2, 0.25) is 0 Å². The monoisotopic (exact) mass is 301 g/mol. The van der Waals surface area contributed by atoms with Crippen molar-refractivity contribution in [1.82, 2.24) is 25.2 Å². The van der Waals surface area contributed by atoms with E-state index < -0.39 is 0 Å². The molecule has 2 unspecified atom stereocenters. The Hall–Kier alpha value is -1.95. The molecule has 0 saturated carbocycles. The van der Waals surface area contributed by atoms with Crippen molar-refractivity contribution in [3.05, 3.63) is 28.7 Å². The van der Waals surface area contributed by atoms with Crippen LogP contribution in [0, 0.1) is 20.8 Å². The maximum absolute atomic E-state index is 12.7. The first kappa shape index (κ1) is 15.0. The van der Waals surface area contributed by atoms with E-state index in [1.807, 2.05) is 26.8 Å². The van der Waals surface area contributed by atoms with Gasteiger partial charge in [-0.3, -0.25) is 4.79 Å². The number of piperidine rings is 1. The van der Waals surface area contributed by atoms with Gasteiger partial charge in [-0.1, -0.05) is 0 Å². The van der Waals surface area contributed by atoms with E-state index in [-0.39, 0.29) is 18.0 Å². The van der Waals surface area contributed by atoms with Crippen LogP contribution in [-0.4, -0.2) is 39.1 Å². The predicted molar refractivity (Wildman–Crippen MR) is 85.2 cm³/mol. The van der Waals surface area contributed by atoms with Crippen molar-refractivity contribution < 1.29 is 4.79 Å². The summed E-state index contributed by atoms with van der Waals surface area (Å²) >= 11 is 0. The van der Waals surface area contributed by atoms with Gasteiger partial charge in [0.2, 0.25) is 0 Å². The number of fused-ring (bicyclic) bond motifs is 1. The fraction of sp³-hybridized carbons (Fsp3) is 0.562. The zero-order valence-corrected chi connectivity index (χ0v) is 13.6. The Morgan fingerprint density at radius 3 is 2.91 bits per heavy atom. The van der Waals surface area contributed by atoms with Crippen molar-refractivity contribution in [3.63, 3.8) is 0 Å². The van der Waals surface area contributed by atoms with Gasteiger partial charge in [-0.2, -0.15) is 5.10 Å². The van der Waals surface area contributed by atoms with E-state index in [9.17, 15) is 4.79 Å². The first-order valence-electron chi connectivity index (χ1n) is 7.85. The Labute approximate surface area is 130 Å². The molecule has 2 atom stereocenters. The van der Waals surface area contributed by atoms with Crippen LogP contribution in [0.3, 0.4) is 0 Å². The standard InChI is InChI=1S/C16H23N5O/c1-9-8-10(2)21-15(18-9)14(12(4)20-21)16(22)19-13-6-5-7-17-11(13)3/h8,11,13,17H,5-7H2,1-4H3,(H,19,22). The normalized spacial score (nSPS) is 22.0. The lowest BCUT2D eigenvalue weighted by molar-refractivity contribution is 0.0920. The summed E-state index contributed by atoms with van der Waals surface area (Å²) in [5, 5.41) is 11.0. The lowest BCUT2D eigenvalue weighted by atomic mass is 9.99. The van der Waals surface area contributed by atoms with Crippen LogP contribution in [0.1, 0.15) is 47.2 Å². The molecule has 6 nitrogen and oxygen atoms in total. The highest BCUT2D eigenvalue weighted by Crippen LogP contribution is 2.17. The van der Waals surface area contributed by atoms with Gasteiger partial charge >= 0.3 is 0 Å². The van der Waals surface area contributed by atoms with E-state index in [2.05, 4.69) is 27.6 Å². The molecule has 1 aliphatic heterocycles. The molecule has 3 rings (SSSR count). The van der Waals surface area contributed by atoms with Gasteiger partial charge in [-0.05, 0) is 53.1 Å². The number of hydrogen-bond acceptors (Lipinski definition) is 4. The molecule has 118 valence electrons. The molecule has 0 aliphatic carbocycles. The molecule has 1 amide bonds. The van der Waals surface area contributed by atoms with Crippen molar-refractivity contribution in [1.29, 1.82) is 0 Å². The van der Waals surface area contributed by atoms with E-state index in [1.165, 1.54) is 0 Å². The molecule has 0 aromatic carbocycles. The van der Waals surface area contributed by atoms with E-state index in [4.69, 9.17) is 0 Å². The quantitative estimate of drug-likeness (QED) is 0.882. The molecular weight excluding hydrogens is 278 g/mol. The van der Waals surface area contributed by atoms with Crippen LogP contribution in [0.5, 0.6) is 0 Å². The van der Waals surface area contributed by atoms with Gasteiger partial charge in [0.15, 0.2) is 5.65 Å². The van der Waals surface area contributed by atoms with Crippen LogP contribution in [0.25, 0.3) is 5.65 Å². The molecule has 3 heterocycles. The summed E-state index contributed by atoms with van der Waals surface area (Å²) in [6, 6.07) is 2.41. The van der Waals surface area contributed by atoms with Gasteiger partial charge in [0.25, 0.3) is 5.91 Å². The first-order valence-corrected chi connectivity index (χ1v) is 7.85. The summed E-state index contributed by atoms with van der Waals surface area (Å²) in [5.74, 6) is -0.0782. The average molecular weight is 301 g/mol. The molecule has 0 bridgehead atoms. The molecule has 2 aromatic rings. The Morgan fingerprint density at radius 2 is 2.18 bits per heavy atom. The molecule has 2 aromatic heterocycles. The molecular formula is C16H23N5O. The Bertz CT molecular complexity index is 721. The van der Waals surface area contributed by atoms with Crippen LogP contribution in [0.4, 0.5) is 0 Å². The SMILES string of the molecule is Cc1cc(C)n2nc(C)c(C(=O)NC3CCCNC3C)c2n1. The summed E-state index contributed by atoms with van der Waals surface area (Å²) in [5.41, 5.74) is 3.83. The fourth-order valence-corrected chi connectivity index (χ4v) is 3.17. The Kier molecular flexibility index (Phi) is 3.87. The van der Waals surface area contributed by atoms with Crippen molar-refractivity contribution in [2.75, 3.05) is 6.54 Å². The third-order valence-electron chi connectivity index (χ3n) is 4.38. The van der Waals surface area contributed by atoms with Gasteiger partial charge in [0, 0.05) is 23.5 Å². The maximum atomic E-state index is 12.7. The van der Waals surface area contributed by atoms with E-state index in [1.54, 1.807) is 4.52 Å². The summed E-state index contributed by atoms with van der Waals surface area (Å²) in [7, 11) is 0. The van der Waals surface area contributed by atoms with E-state index >= 15 is 0 Å². The summed E-state index contributed by atoms with van der Waals surface area (Å²) in [4.78, 5) is 17.3. The zero-order valence-electron chi connectivity index (χ0n) is 13.6. The molecule has 6 heteroatoms. The van der Waals surface area contributed by atoms with Gasteiger partial charge < -0.3 is 10.6 Å². The topological polar surface area (TPSA) is 71.3 Å². The Morgan fingerprint density at radius 1 is 1.41 bits per heavy atom. The van der Waals surface area contributed by atoms with Gasteiger partial charge in [-0.15, -0.1) is 0 Å². The van der Waals surface area contributed by atoms with Crippen molar-refractivity contribution >= 4 is 11.6 Å². The molecule has 0 spiro atoms. The summed E-state index contributed by atoms with van der Waals surface area (Å²) in [6.45, 7) is 8.90. The largest absolute Gasteiger partial charge is 0.348 e. The second kappa shape index (κ2) is 5.68. The number of hydrogen-bond donors (Lipinski definition) is 2. The number of aromatic nitrogens is 3. The third kappa shape index (κ3) is 2.59. The van der Waals surface area contributed by atoms with E-state index in [0.717, 1.165) is 36.5 Å². The van der Waals surface area contributed by atoms with Gasteiger partial charge in [0.05, 0.1) is 5.69 Å². The van der Waals surface area contributed by atoms with Crippen molar-refractivity contribution in [3.8, 4) is 0 Å². The summed E-state index contributed by atoms with van der Waals surface area (Å²) in [6.07, 6.45) is 2.09. The lowest BCUT2D eigenvalue weighted by Gasteiger charge is -2.30. The smallest absolute Gasteiger partial charge is 0.257 e. The minimum Gasteiger partial charge on any atom is -0.348 e. The third-order valence-corrected chi connectivity index (χ3v) is 4.38. The highest BCUT2D eigenvalue weighted by Gasteiger charge is 2.26. The van der Waals surface area contributed by atoms with Crippen molar-refractivity contribution in [2.45, 2.75) is 52.6 Å². The molecule has 1 aliphatic rings. The molecule has 22 heavy (non-hydrogen) atoms. The highest BCUT2D eigenvalue weighted by atomic mass is 16.1. The van der Waals surface area contributed by atoms with Gasteiger partial charge in [0.1, 0.15) is 5.56 Å². The number of nitrogens with zero attached hydrogens (tertiary/aromatic N) is 3. The minimum atomic E-state index is -0.0782. The number of nitrogens with one attached hydrogen (secondary N) is 2. The zero-order chi connectivity index (χ0) is 15.9. The molecule has 2 N–H and O–H groups in total. The molecule has 0 radical (unpaired) electrons. The number of carbonyl (C=O) groups is 1. The second-order valence-corrected chi connectivity index (χ2v) is 6.20. The van der Waals surface area contributed by atoms with Crippen molar-refractivity contribution in [2.24, 2.45) is 0 Å². The number of rotatable bonds is 2. The van der Waals surface area contributed by atoms with Crippen LogP contribution < -0.4 is 10.6 Å². The van der Waals surface area contributed by atoms with E-state index in [0.29, 0.717) is 11.2 Å². The van der Waals surface area contributed by atoms with Crippen LogP contribution in [0.15, 0.2) is 6.07 Å². The lowest BCUT2D eigenvalue weighted by Crippen LogP contribution is -2.52. The second-order valence-electron chi connectivity index (χ2n) is 6.20. The minimum absolute atomic E-state index is 0.0782. The molecule has 1 fully saturated rings. The van der Waals surface area contributed by atoms with Gasteiger partial charge in [-0.25, -0.2) is 9.50 Å². The number of amides is 1. The number of carbonyl (C=O) groups excluding carboxylic acids is 1. The van der Waals surface area contributed by atoms with Crippen LogP contribution in [-0.2, 0) is 0 Å². The molecule has 1 saturated heterocycles. The average Bonchev–Trinajstić information content (AvgIpc) is 2.78. The highest BCUT2D eigenvalue weighted by molar-refractivity contribution is 6.01. The summed E-state index contributed by atoms with van der Waals surface area (Å²) < 4.78 is 1.75. The Balaban J connectivity index is 1.95. The van der Waals surface area contributed by atoms with Crippen LogP contribution >= 0.6 is 0 Å². The number of aryl methyl sites for hydroxylation is 3. The predicted octanol–water partition coefficient (Wildman–Crippen LogP) is 1.52. The first-order chi connectivity index (χ1) is 10.5.